The van der Waals surface area contributed by atoms with E-state index < -0.39 is 0 Å². The van der Waals surface area contributed by atoms with Crippen molar-refractivity contribution >= 4 is 5.97 Å². The van der Waals surface area contributed by atoms with Crippen LogP contribution in [0.5, 0.6) is 11.6 Å². The second kappa shape index (κ2) is 6.83. The molecule has 5 nitrogen and oxygen atoms in total. The lowest BCUT2D eigenvalue weighted by molar-refractivity contribution is 0.0526. The van der Waals surface area contributed by atoms with E-state index in [1.54, 1.807) is 31.2 Å². The third-order valence-electron chi connectivity index (χ3n) is 2.82. The molecule has 1 aromatic heterocycles. The van der Waals surface area contributed by atoms with Gasteiger partial charge in [-0.3, -0.25) is 0 Å². The van der Waals surface area contributed by atoms with Crippen molar-refractivity contribution in [2.45, 2.75) is 27.2 Å². The van der Waals surface area contributed by atoms with Crippen LogP contribution in [0.2, 0.25) is 0 Å². The number of rotatable bonds is 5. The highest BCUT2D eigenvalue weighted by Crippen LogP contribution is 2.21. The van der Waals surface area contributed by atoms with Gasteiger partial charge in [0, 0.05) is 11.8 Å². The first-order valence-electron chi connectivity index (χ1n) is 6.92. The van der Waals surface area contributed by atoms with E-state index in [9.17, 15) is 4.79 Å². The van der Waals surface area contributed by atoms with Gasteiger partial charge in [-0.05, 0) is 44.5 Å². The van der Waals surface area contributed by atoms with Crippen molar-refractivity contribution in [2.24, 2.45) is 0 Å². The van der Waals surface area contributed by atoms with Gasteiger partial charge in [-0.2, -0.15) is 4.98 Å². The Labute approximate surface area is 124 Å². The fourth-order valence-corrected chi connectivity index (χ4v) is 1.83. The van der Waals surface area contributed by atoms with Gasteiger partial charge < -0.3 is 9.47 Å². The maximum absolute atomic E-state index is 11.6. The zero-order valence-corrected chi connectivity index (χ0v) is 12.4. The lowest BCUT2D eigenvalue weighted by Crippen LogP contribution is -2.04. The van der Waals surface area contributed by atoms with Gasteiger partial charge in [0.1, 0.15) is 11.6 Å². The van der Waals surface area contributed by atoms with E-state index in [-0.39, 0.29) is 5.97 Å². The van der Waals surface area contributed by atoms with E-state index in [1.807, 2.05) is 19.9 Å². The minimum atomic E-state index is -0.338. The topological polar surface area (TPSA) is 61.3 Å². The zero-order valence-electron chi connectivity index (χ0n) is 12.4. The van der Waals surface area contributed by atoms with Crippen molar-refractivity contribution in [2.75, 3.05) is 6.61 Å². The number of esters is 1. The lowest BCUT2D eigenvalue weighted by Gasteiger charge is -2.07. The van der Waals surface area contributed by atoms with Gasteiger partial charge in [0.15, 0.2) is 0 Å². The van der Waals surface area contributed by atoms with Crippen LogP contribution in [0.15, 0.2) is 30.3 Å². The Morgan fingerprint density at radius 1 is 1.14 bits per heavy atom. The summed E-state index contributed by atoms with van der Waals surface area (Å²) in [6, 6.07) is 8.58. The molecule has 0 aliphatic rings. The van der Waals surface area contributed by atoms with E-state index in [0.29, 0.717) is 29.6 Å². The average Bonchev–Trinajstić information content (AvgIpc) is 2.47. The van der Waals surface area contributed by atoms with E-state index in [0.717, 1.165) is 12.1 Å². The van der Waals surface area contributed by atoms with Gasteiger partial charge in [-0.15, -0.1) is 0 Å². The number of carbonyl (C=O) groups is 1. The van der Waals surface area contributed by atoms with E-state index in [2.05, 4.69) is 9.97 Å². The van der Waals surface area contributed by atoms with Crippen LogP contribution < -0.4 is 4.74 Å². The maximum atomic E-state index is 11.6. The molecular weight excluding hydrogens is 268 g/mol. The van der Waals surface area contributed by atoms with Crippen LogP contribution in [0.25, 0.3) is 0 Å². The summed E-state index contributed by atoms with van der Waals surface area (Å²) in [4.78, 5) is 20.1. The van der Waals surface area contributed by atoms with Crippen molar-refractivity contribution in [3.63, 3.8) is 0 Å². The molecule has 0 fully saturated rings. The molecule has 0 spiro atoms. The molecule has 110 valence electrons. The average molecular weight is 286 g/mol. The molecule has 1 aromatic carbocycles. The van der Waals surface area contributed by atoms with Gasteiger partial charge in [0.2, 0.25) is 5.88 Å². The summed E-state index contributed by atoms with van der Waals surface area (Å²) < 4.78 is 10.6. The highest BCUT2D eigenvalue weighted by atomic mass is 16.5. The number of nitrogens with zero attached hydrogens (tertiary/aromatic N) is 2. The molecule has 0 aliphatic heterocycles. The predicted octanol–water partition coefficient (Wildman–Crippen LogP) is 3.32. The van der Waals surface area contributed by atoms with Crippen LogP contribution in [-0.4, -0.2) is 22.5 Å². The molecule has 0 saturated heterocycles. The molecule has 0 amide bonds. The summed E-state index contributed by atoms with van der Waals surface area (Å²) in [7, 11) is 0. The highest BCUT2D eigenvalue weighted by molar-refractivity contribution is 5.89. The summed E-state index contributed by atoms with van der Waals surface area (Å²) in [6.07, 6.45) is 0.821. The van der Waals surface area contributed by atoms with Crippen molar-refractivity contribution in [1.82, 2.24) is 9.97 Å². The predicted molar refractivity (Wildman–Crippen MR) is 78.6 cm³/mol. The Kier molecular flexibility index (Phi) is 4.87. The molecule has 1 heterocycles. The number of hydrogen-bond donors (Lipinski definition) is 0. The van der Waals surface area contributed by atoms with Crippen LogP contribution in [0.3, 0.4) is 0 Å². The molecule has 0 radical (unpaired) electrons. The van der Waals surface area contributed by atoms with Crippen LogP contribution in [0.4, 0.5) is 0 Å². The largest absolute Gasteiger partial charge is 0.462 e. The fourth-order valence-electron chi connectivity index (χ4n) is 1.83. The Hall–Kier alpha value is -2.43. The van der Waals surface area contributed by atoms with E-state index in [1.165, 1.54) is 0 Å². The first-order valence-corrected chi connectivity index (χ1v) is 6.92. The summed E-state index contributed by atoms with van der Waals surface area (Å²) in [5.74, 6) is 1.45. The van der Waals surface area contributed by atoms with Gasteiger partial charge >= 0.3 is 5.97 Å². The molecule has 0 bridgehead atoms. The van der Waals surface area contributed by atoms with Gasteiger partial charge in [-0.1, -0.05) is 6.92 Å². The van der Waals surface area contributed by atoms with Crippen molar-refractivity contribution in [3.8, 4) is 11.6 Å². The second-order valence-electron chi connectivity index (χ2n) is 4.45. The van der Waals surface area contributed by atoms with Crippen LogP contribution in [-0.2, 0) is 11.2 Å². The van der Waals surface area contributed by atoms with Gasteiger partial charge in [-0.25, -0.2) is 9.78 Å². The van der Waals surface area contributed by atoms with Gasteiger partial charge in [0.25, 0.3) is 0 Å². The summed E-state index contributed by atoms with van der Waals surface area (Å²) >= 11 is 0. The Morgan fingerprint density at radius 2 is 1.86 bits per heavy atom. The standard InChI is InChI=1S/C16H18N2O3/c1-4-13-10-15(18-11(3)17-13)21-14-8-6-12(7-9-14)16(19)20-5-2/h6-10H,4-5H2,1-3H3. The first-order chi connectivity index (χ1) is 10.1. The van der Waals surface area contributed by atoms with Crippen LogP contribution in [0, 0.1) is 6.92 Å². The zero-order chi connectivity index (χ0) is 15.2. The minimum Gasteiger partial charge on any atom is -0.462 e. The fraction of sp³-hybridized carbons (Fsp3) is 0.312. The summed E-state index contributed by atoms with van der Waals surface area (Å²) in [6.45, 7) is 5.99. The molecule has 0 atom stereocenters. The van der Waals surface area contributed by atoms with Crippen molar-refractivity contribution in [3.05, 3.63) is 47.4 Å². The second-order valence-corrected chi connectivity index (χ2v) is 4.45. The molecule has 5 heteroatoms. The summed E-state index contributed by atoms with van der Waals surface area (Å²) in [5, 5.41) is 0. The van der Waals surface area contributed by atoms with E-state index in [4.69, 9.17) is 9.47 Å². The minimum absolute atomic E-state index is 0.338. The molecule has 0 N–H and O–H groups in total. The molecule has 2 rings (SSSR count). The van der Waals surface area contributed by atoms with Crippen LogP contribution in [0.1, 0.15) is 35.7 Å². The van der Waals surface area contributed by atoms with Crippen LogP contribution >= 0.6 is 0 Å². The number of carbonyl (C=O) groups excluding carboxylic acids is 1. The van der Waals surface area contributed by atoms with Gasteiger partial charge in [0.05, 0.1) is 12.2 Å². The number of ether oxygens (including phenoxy) is 2. The van der Waals surface area contributed by atoms with Crippen molar-refractivity contribution < 1.29 is 14.3 Å². The highest BCUT2D eigenvalue weighted by Gasteiger charge is 2.07. The quantitative estimate of drug-likeness (QED) is 0.789. The smallest absolute Gasteiger partial charge is 0.338 e. The molecular formula is C16H18N2O3. The molecule has 0 aliphatic carbocycles. The summed E-state index contributed by atoms with van der Waals surface area (Å²) in [5.41, 5.74) is 1.43. The molecule has 0 unspecified atom stereocenters. The first kappa shape index (κ1) is 15.0. The normalized spacial score (nSPS) is 10.2. The Bertz CT molecular complexity index is 624. The Morgan fingerprint density at radius 3 is 2.48 bits per heavy atom. The SMILES string of the molecule is CCOC(=O)c1ccc(Oc2cc(CC)nc(C)n2)cc1. The van der Waals surface area contributed by atoms with Crippen molar-refractivity contribution in [1.29, 1.82) is 0 Å². The molecule has 2 aromatic rings. The third-order valence-corrected chi connectivity index (χ3v) is 2.82. The van der Waals surface area contributed by atoms with E-state index >= 15 is 0 Å². The lowest BCUT2D eigenvalue weighted by atomic mass is 10.2. The third kappa shape index (κ3) is 4.02. The monoisotopic (exact) mass is 286 g/mol. The maximum Gasteiger partial charge on any atom is 0.338 e. The Balaban J connectivity index is 2.13. The number of benzene rings is 1. The number of aromatic nitrogens is 2. The molecule has 0 saturated carbocycles. The number of aryl methyl sites for hydroxylation is 2. The molecule has 21 heavy (non-hydrogen) atoms. The number of hydrogen-bond acceptors (Lipinski definition) is 5.